The maximum absolute atomic E-state index is 12.9. The molecule has 1 saturated heterocycles. The second-order valence-corrected chi connectivity index (χ2v) is 5.42. The van der Waals surface area contributed by atoms with Crippen molar-refractivity contribution in [2.45, 2.75) is 0 Å². The first-order chi connectivity index (χ1) is 11.6. The summed E-state index contributed by atoms with van der Waals surface area (Å²) >= 11 is 5.10. The standard InChI is InChI=1S/C17H12FN3O2S/c18-11-6-8-12(9-7-11)19-10-14-15(22)20-17(24)21(16(14)23)13-4-2-1-3-5-13/h1-10,14H,(H,20,22,24)/t14-/m0/s1. The Morgan fingerprint density at radius 2 is 1.75 bits per heavy atom. The van der Waals surface area contributed by atoms with Crippen LogP contribution in [0.2, 0.25) is 0 Å². The number of amides is 2. The largest absolute Gasteiger partial charge is 0.301 e. The van der Waals surface area contributed by atoms with Gasteiger partial charge in [-0.15, -0.1) is 0 Å². The van der Waals surface area contributed by atoms with Gasteiger partial charge in [-0.25, -0.2) is 4.39 Å². The van der Waals surface area contributed by atoms with E-state index in [2.05, 4.69) is 10.3 Å². The lowest BCUT2D eigenvalue weighted by atomic mass is 10.1. The summed E-state index contributed by atoms with van der Waals surface area (Å²) in [5.41, 5.74) is 1.00. The van der Waals surface area contributed by atoms with E-state index in [-0.39, 0.29) is 10.9 Å². The van der Waals surface area contributed by atoms with Crippen LogP contribution in [-0.4, -0.2) is 23.1 Å². The highest BCUT2D eigenvalue weighted by Gasteiger charge is 2.38. The Kier molecular flexibility index (Phi) is 4.43. The first kappa shape index (κ1) is 15.9. The van der Waals surface area contributed by atoms with Crippen LogP contribution in [0, 0.1) is 11.7 Å². The smallest absolute Gasteiger partial charge is 0.251 e. The molecule has 0 aromatic heterocycles. The Hall–Kier alpha value is -2.93. The van der Waals surface area contributed by atoms with Gasteiger partial charge in [-0.05, 0) is 48.6 Å². The first-order valence-corrected chi connectivity index (χ1v) is 7.50. The van der Waals surface area contributed by atoms with E-state index in [9.17, 15) is 14.0 Å². The third-order valence-electron chi connectivity index (χ3n) is 3.42. The molecule has 5 nitrogen and oxygen atoms in total. The molecule has 0 spiro atoms. The van der Waals surface area contributed by atoms with Crippen molar-refractivity contribution in [1.82, 2.24) is 5.32 Å². The predicted molar refractivity (Wildman–Crippen MR) is 92.7 cm³/mol. The maximum Gasteiger partial charge on any atom is 0.251 e. The van der Waals surface area contributed by atoms with E-state index in [1.54, 1.807) is 24.3 Å². The number of hydrogen-bond acceptors (Lipinski definition) is 4. The van der Waals surface area contributed by atoms with E-state index in [4.69, 9.17) is 12.2 Å². The number of halogens is 1. The number of aliphatic imine (C=N–C) groups is 1. The molecular formula is C17H12FN3O2S. The molecule has 1 N–H and O–H groups in total. The second-order valence-electron chi connectivity index (χ2n) is 5.04. The fraction of sp³-hybridized carbons (Fsp3) is 0.0588. The number of carbonyl (C=O) groups excluding carboxylic acids is 2. The van der Waals surface area contributed by atoms with Crippen molar-refractivity contribution in [3.8, 4) is 0 Å². The minimum Gasteiger partial charge on any atom is -0.301 e. The summed E-state index contributed by atoms with van der Waals surface area (Å²) in [4.78, 5) is 30.1. The minimum absolute atomic E-state index is 0.0302. The van der Waals surface area contributed by atoms with Crippen LogP contribution in [0.5, 0.6) is 0 Å². The van der Waals surface area contributed by atoms with E-state index in [1.165, 1.54) is 35.4 Å². The van der Waals surface area contributed by atoms with Crippen molar-refractivity contribution in [1.29, 1.82) is 0 Å². The molecule has 24 heavy (non-hydrogen) atoms. The van der Waals surface area contributed by atoms with E-state index >= 15 is 0 Å². The molecule has 0 unspecified atom stereocenters. The van der Waals surface area contributed by atoms with Crippen LogP contribution in [0.1, 0.15) is 0 Å². The molecule has 3 rings (SSSR count). The molecule has 1 atom stereocenters. The number of benzene rings is 2. The van der Waals surface area contributed by atoms with Gasteiger partial charge in [-0.1, -0.05) is 18.2 Å². The number of thiocarbonyl (C=S) groups is 1. The van der Waals surface area contributed by atoms with Gasteiger partial charge in [0.2, 0.25) is 5.91 Å². The first-order valence-electron chi connectivity index (χ1n) is 7.10. The Labute approximate surface area is 142 Å². The zero-order chi connectivity index (χ0) is 17.1. The van der Waals surface area contributed by atoms with E-state index in [1.807, 2.05) is 6.07 Å². The molecule has 0 bridgehead atoms. The van der Waals surface area contributed by atoms with Gasteiger partial charge in [0.25, 0.3) is 5.91 Å². The van der Waals surface area contributed by atoms with Crippen molar-refractivity contribution in [2.24, 2.45) is 10.9 Å². The number of nitrogens with zero attached hydrogens (tertiary/aromatic N) is 2. The summed E-state index contributed by atoms with van der Waals surface area (Å²) in [6.45, 7) is 0. The van der Waals surface area contributed by atoms with Gasteiger partial charge in [0.1, 0.15) is 5.82 Å². The summed E-state index contributed by atoms with van der Waals surface area (Å²) in [7, 11) is 0. The molecule has 2 amide bonds. The van der Waals surface area contributed by atoms with Crippen molar-refractivity contribution in [3.05, 3.63) is 60.4 Å². The average molecular weight is 341 g/mol. The van der Waals surface area contributed by atoms with Gasteiger partial charge in [0.15, 0.2) is 11.0 Å². The molecule has 2 aromatic carbocycles. The third kappa shape index (κ3) is 3.21. The Morgan fingerprint density at radius 1 is 1.08 bits per heavy atom. The van der Waals surface area contributed by atoms with Gasteiger partial charge < -0.3 is 5.32 Å². The van der Waals surface area contributed by atoms with Crippen LogP contribution in [0.4, 0.5) is 15.8 Å². The number of para-hydroxylation sites is 1. The number of anilines is 1. The van der Waals surface area contributed by atoms with Gasteiger partial charge >= 0.3 is 0 Å². The molecule has 2 aromatic rings. The molecular weight excluding hydrogens is 329 g/mol. The lowest BCUT2D eigenvalue weighted by Crippen LogP contribution is -2.58. The Bertz CT molecular complexity index is 821. The molecule has 1 heterocycles. The van der Waals surface area contributed by atoms with E-state index in [0.29, 0.717) is 11.4 Å². The van der Waals surface area contributed by atoms with Crippen LogP contribution in [0.3, 0.4) is 0 Å². The third-order valence-corrected chi connectivity index (χ3v) is 3.70. The molecule has 1 fully saturated rings. The van der Waals surface area contributed by atoms with Crippen LogP contribution in [0.25, 0.3) is 0 Å². The molecule has 0 aliphatic carbocycles. The van der Waals surface area contributed by atoms with Gasteiger partial charge in [0, 0.05) is 6.21 Å². The SMILES string of the molecule is O=C1NC(=S)N(c2ccccc2)C(=O)[C@H]1C=Nc1ccc(F)cc1. The van der Waals surface area contributed by atoms with E-state index < -0.39 is 17.7 Å². The lowest BCUT2D eigenvalue weighted by molar-refractivity contribution is -0.130. The van der Waals surface area contributed by atoms with Crippen molar-refractivity contribution >= 4 is 46.7 Å². The average Bonchev–Trinajstić information content (AvgIpc) is 2.57. The zero-order valence-corrected chi connectivity index (χ0v) is 13.2. The van der Waals surface area contributed by atoms with Crippen LogP contribution >= 0.6 is 12.2 Å². The normalized spacial score (nSPS) is 18.1. The highest BCUT2D eigenvalue weighted by Crippen LogP contribution is 2.20. The number of rotatable bonds is 3. The zero-order valence-electron chi connectivity index (χ0n) is 12.3. The summed E-state index contributed by atoms with van der Waals surface area (Å²) in [6.07, 6.45) is 1.24. The summed E-state index contributed by atoms with van der Waals surface area (Å²) in [6, 6.07) is 14.2. The molecule has 0 radical (unpaired) electrons. The van der Waals surface area contributed by atoms with Gasteiger partial charge in [-0.2, -0.15) is 0 Å². The Balaban J connectivity index is 1.87. The van der Waals surface area contributed by atoms with Gasteiger partial charge in [-0.3, -0.25) is 19.5 Å². The highest BCUT2D eigenvalue weighted by atomic mass is 32.1. The van der Waals surface area contributed by atoms with E-state index in [0.717, 1.165) is 0 Å². The molecule has 7 heteroatoms. The second kappa shape index (κ2) is 6.67. The molecule has 0 saturated carbocycles. The molecule has 1 aliphatic rings. The molecule has 1 aliphatic heterocycles. The quantitative estimate of drug-likeness (QED) is 0.530. The Morgan fingerprint density at radius 3 is 2.42 bits per heavy atom. The van der Waals surface area contributed by atoms with Crippen molar-refractivity contribution < 1.29 is 14.0 Å². The van der Waals surface area contributed by atoms with Crippen molar-refractivity contribution in [2.75, 3.05) is 4.90 Å². The van der Waals surface area contributed by atoms with Crippen LogP contribution < -0.4 is 10.2 Å². The number of hydrogen-bond donors (Lipinski definition) is 1. The predicted octanol–water partition coefficient (Wildman–Crippen LogP) is 2.59. The monoisotopic (exact) mass is 341 g/mol. The fourth-order valence-corrected chi connectivity index (χ4v) is 2.53. The van der Waals surface area contributed by atoms with Crippen LogP contribution in [0.15, 0.2) is 59.6 Å². The minimum atomic E-state index is -1.11. The topological polar surface area (TPSA) is 61.8 Å². The summed E-state index contributed by atoms with van der Waals surface area (Å²) in [5, 5.41) is 2.53. The maximum atomic E-state index is 12.9. The number of nitrogens with one attached hydrogen (secondary N) is 1. The van der Waals surface area contributed by atoms with Crippen LogP contribution in [-0.2, 0) is 9.59 Å². The number of carbonyl (C=O) groups is 2. The fourth-order valence-electron chi connectivity index (χ4n) is 2.23. The van der Waals surface area contributed by atoms with Crippen molar-refractivity contribution in [3.63, 3.8) is 0 Å². The molecule has 120 valence electrons. The highest BCUT2D eigenvalue weighted by molar-refractivity contribution is 7.80. The summed E-state index contributed by atoms with van der Waals surface area (Å²) < 4.78 is 12.9. The van der Waals surface area contributed by atoms with Gasteiger partial charge in [0.05, 0.1) is 11.4 Å². The summed E-state index contributed by atoms with van der Waals surface area (Å²) in [5.74, 6) is -2.52. The lowest BCUT2D eigenvalue weighted by Gasteiger charge is -2.30.